The van der Waals surface area contributed by atoms with Crippen molar-refractivity contribution in [1.29, 1.82) is 0 Å². The number of carbonyl (C=O) groups is 2. The third kappa shape index (κ3) is 4.45. The Balaban J connectivity index is 1.52. The maximum atomic E-state index is 13.1. The molecule has 2 aliphatic rings. The van der Waals surface area contributed by atoms with Gasteiger partial charge >= 0.3 is 0 Å². The van der Waals surface area contributed by atoms with E-state index in [9.17, 15) is 18.0 Å². The Hall–Kier alpha value is -2.27. The van der Waals surface area contributed by atoms with Crippen molar-refractivity contribution in [2.45, 2.75) is 37.6 Å². The van der Waals surface area contributed by atoms with Gasteiger partial charge in [-0.3, -0.25) is 9.59 Å². The average Bonchev–Trinajstić information content (AvgIpc) is 3.11. The number of piperidine rings is 1. The van der Waals surface area contributed by atoms with Gasteiger partial charge in [-0.25, -0.2) is 8.42 Å². The molecule has 8 nitrogen and oxygen atoms in total. The standard InChI is InChI=1S/C22H28N4O4S2/c1-14-5-7-16(8-6-14)32(29,30)26-10-3-4-15(12-26)21(28)24-22-19(20(23)27)17-9-11-25(2)13-18(17)31-22/h5-8,15H,3-4,9-13H2,1-2H3,(H2,23,27)(H,24,28). The molecular formula is C22H28N4O4S2. The highest BCUT2D eigenvalue weighted by atomic mass is 32.2. The molecule has 1 fully saturated rings. The van der Waals surface area contributed by atoms with Gasteiger partial charge in [-0.15, -0.1) is 11.3 Å². The van der Waals surface area contributed by atoms with E-state index in [1.54, 1.807) is 24.3 Å². The minimum absolute atomic E-state index is 0.113. The number of hydrogen-bond donors (Lipinski definition) is 2. The Kier molecular flexibility index (Phi) is 6.39. The lowest BCUT2D eigenvalue weighted by Crippen LogP contribution is -2.43. The van der Waals surface area contributed by atoms with E-state index in [2.05, 4.69) is 10.2 Å². The summed E-state index contributed by atoms with van der Waals surface area (Å²) in [5, 5.41) is 3.37. The lowest BCUT2D eigenvalue weighted by atomic mass is 9.98. The smallest absolute Gasteiger partial charge is 0.251 e. The summed E-state index contributed by atoms with van der Waals surface area (Å²) >= 11 is 1.38. The molecule has 1 aromatic carbocycles. The van der Waals surface area contributed by atoms with Gasteiger partial charge in [0.05, 0.1) is 16.4 Å². The van der Waals surface area contributed by atoms with Gasteiger partial charge in [0.25, 0.3) is 5.91 Å². The van der Waals surface area contributed by atoms with Crippen LogP contribution in [0.4, 0.5) is 5.00 Å². The largest absolute Gasteiger partial charge is 0.365 e. The third-order valence-electron chi connectivity index (χ3n) is 6.14. The Morgan fingerprint density at radius 1 is 1.19 bits per heavy atom. The topological polar surface area (TPSA) is 113 Å². The van der Waals surface area contributed by atoms with Crippen LogP contribution in [0.5, 0.6) is 0 Å². The Bertz CT molecular complexity index is 1140. The number of rotatable bonds is 5. The molecule has 1 saturated heterocycles. The minimum Gasteiger partial charge on any atom is -0.365 e. The van der Waals surface area contributed by atoms with Crippen LogP contribution in [-0.2, 0) is 27.8 Å². The summed E-state index contributed by atoms with van der Waals surface area (Å²) < 4.78 is 27.5. The zero-order valence-electron chi connectivity index (χ0n) is 18.3. The average molecular weight is 477 g/mol. The van der Waals surface area contributed by atoms with Gasteiger partial charge < -0.3 is 16.0 Å². The summed E-state index contributed by atoms with van der Waals surface area (Å²) in [6.07, 6.45) is 1.89. The van der Waals surface area contributed by atoms with Crippen molar-refractivity contribution in [3.63, 3.8) is 0 Å². The van der Waals surface area contributed by atoms with E-state index in [0.717, 1.165) is 22.5 Å². The summed E-state index contributed by atoms with van der Waals surface area (Å²) in [5.74, 6) is -1.32. The van der Waals surface area contributed by atoms with E-state index in [1.165, 1.54) is 15.6 Å². The summed E-state index contributed by atoms with van der Waals surface area (Å²) in [7, 11) is -1.66. The van der Waals surface area contributed by atoms with Crippen LogP contribution in [0.1, 0.15) is 39.2 Å². The molecule has 1 atom stereocenters. The number of hydrogen-bond acceptors (Lipinski definition) is 6. The number of primary amides is 1. The van der Waals surface area contributed by atoms with Crippen molar-refractivity contribution in [2.24, 2.45) is 11.7 Å². The van der Waals surface area contributed by atoms with Crippen molar-refractivity contribution >= 4 is 38.2 Å². The first kappa shape index (κ1) is 22.9. The molecule has 1 aromatic heterocycles. The van der Waals surface area contributed by atoms with Gasteiger partial charge in [0.15, 0.2) is 0 Å². The Morgan fingerprint density at radius 2 is 1.91 bits per heavy atom. The molecule has 32 heavy (non-hydrogen) atoms. The maximum absolute atomic E-state index is 13.1. The molecule has 1 unspecified atom stereocenters. The molecule has 0 bridgehead atoms. The fourth-order valence-corrected chi connectivity index (χ4v) is 7.19. The number of fused-ring (bicyclic) bond motifs is 1. The first-order valence-corrected chi connectivity index (χ1v) is 12.9. The highest BCUT2D eigenvalue weighted by Gasteiger charge is 2.34. The van der Waals surface area contributed by atoms with Crippen LogP contribution in [0.25, 0.3) is 0 Å². The van der Waals surface area contributed by atoms with E-state index in [-0.39, 0.29) is 17.3 Å². The van der Waals surface area contributed by atoms with Crippen LogP contribution in [-0.4, -0.2) is 56.1 Å². The van der Waals surface area contributed by atoms with Gasteiger partial charge in [0.1, 0.15) is 5.00 Å². The van der Waals surface area contributed by atoms with Crippen LogP contribution in [0.2, 0.25) is 0 Å². The molecule has 3 N–H and O–H groups in total. The second kappa shape index (κ2) is 8.93. The molecule has 0 saturated carbocycles. The number of likely N-dealkylation sites (N-methyl/N-ethyl adjacent to an activating group) is 1. The number of carbonyl (C=O) groups excluding carboxylic acids is 2. The van der Waals surface area contributed by atoms with Crippen LogP contribution in [0, 0.1) is 12.8 Å². The number of anilines is 1. The van der Waals surface area contributed by atoms with Gasteiger partial charge in [-0.2, -0.15) is 4.31 Å². The van der Waals surface area contributed by atoms with Gasteiger partial charge in [-0.05, 0) is 50.9 Å². The number of thiophene rings is 1. The van der Waals surface area contributed by atoms with Gasteiger partial charge in [-0.1, -0.05) is 17.7 Å². The minimum atomic E-state index is -3.67. The SMILES string of the molecule is Cc1ccc(S(=O)(=O)N2CCCC(C(=O)Nc3sc4c(c3C(N)=O)CCN(C)C4)C2)cc1. The number of aryl methyl sites for hydroxylation is 1. The van der Waals surface area contributed by atoms with E-state index in [1.807, 2.05) is 14.0 Å². The monoisotopic (exact) mass is 476 g/mol. The number of benzene rings is 1. The van der Waals surface area contributed by atoms with Gasteiger partial charge in [0.2, 0.25) is 15.9 Å². The molecular weight excluding hydrogens is 448 g/mol. The Labute approximate surface area is 192 Å². The van der Waals surface area contributed by atoms with Crippen molar-refractivity contribution in [3.8, 4) is 0 Å². The number of nitrogens with one attached hydrogen (secondary N) is 1. The molecule has 4 rings (SSSR count). The van der Waals surface area contributed by atoms with E-state index < -0.39 is 21.8 Å². The lowest BCUT2D eigenvalue weighted by Gasteiger charge is -2.31. The fraction of sp³-hybridized carbons (Fsp3) is 0.455. The number of nitrogens with zero attached hydrogens (tertiary/aromatic N) is 2. The molecule has 10 heteroatoms. The van der Waals surface area contributed by atoms with Crippen LogP contribution >= 0.6 is 11.3 Å². The molecule has 2 amide bonds. The Morgan fingerprint density at radius 3 is 2.59 bits per heavy atom. The normalized spacial score (nSPS) is 20.0. The van der Waals surface area contributed by atoms with E-state index in [0.29, 0.717) is 42.9 Å². The van der Waals surface area contributed by atoms with Crippen molar-refractivity contribution in [3.05, 3.63) is 45.8 Å². The highest BCUT2D eigenvalue weighted by Crippen LogP contribution is 2.37. The van der Waals surface area contributed by atoms with Gasteiger partial charge in [0, 0.05) is 31.1 Å². The summed E-state index contributed by atoms with van der Waals surface area (Å²) in [6.45, 7) is 3.93. The second-order valence-corrected chi connectivity index (χ2v) is 11.6. The third-order valence-corrected chi connectivity index (χ3v) is 9.16. The first-order valence-electron chi connectivity index (χ1n) is 10.7. The number of nitrogens with two attached hydrogens (primary N) is 1. The van der Waals surface area contributed by atoms with Crippen molar-refractivity contribution < 1.29 is 18.0 Å². The van der Waals surface area contributed by atoms with Crippen molar-refractivity contribution in [2.75, 3.05) is 32.0 Å². The number of sulfonamides is 1. The highest BCUT2D eigenvalue weighted by molar-refractivity contribution is 7.89. The molecule has 0 radical (unpaired) electrons. The van der Waals surface area contributed by atoms with Crippen LogP contribution in [0.3, 0.4) is 0 Å². The molecule has 172 valence electrons. The zero-order valence-corrected chi connectivity index (χ0v) is 19.9. The van der Waals surface area contributed by atoms with E-state index in [4.69, 9.17) is 5.73 Å². The molecule has 3 heterocycles. The molecule has 2 aromatic rings. The van der Waals surface area contributed by atoms with E-state index >= 15 is 0 Å². The summed E-state index contributed by atoms with van der Waals surface area (Å²) in [5.41, 5.74) is 7.94. The predicted octanol–water partition coefficient (Wildman–Crippen LogP) is 2.18. The quantitative estimate of drug-likeness (QED) is 0.687. The van der Waals surface area contributed by atoms with Crippen LogP contribution in [0.15, 0.2) is 29.2 Å². The molecule has 0 spiro atoms. The second-order valence-electron chi connectivity index (χ2n) is 8.56. The summed E-state index contributed by atoms with van der Waals surface area (Å²) in [4.78, 5) is 28.6. The predicted molar refractivity (Wildman–Crippen MR) is 124 cm³/mol. The van der Waals surface area contributed by atoms with Crippen molar-refractivity contribution in [1.82, 2.24) is 9.21 Å². The fourth-order valence-electron chi connectivity index (χ4n) is 4.33. The first-order chi connectivity index (χ1) is 15.2. The zero-order chi connectivity index (χ0) is 23.0. The molecule has 0 aliphatic carbocycles. The summed E-state index contributed by atoms with van der Waals surface area (Å²) in [6, 6.07) is 6.73. The molecule has 2 aliphatic heterocycles. The lowest BCUT2D eigenvalue weighted by molar-refractivity contribution is -0.120. The maximum Gasteiger partial charge on any atom is 0.251 e. The number of amides is 2. The van der Waals surface area contributed by atoms with Crippen LogP contribution < -0.4 is 11.1 Å².